The highest BCUT2D eigenvalue weighted by Gasteiger charge is 2.23. The summed E-state index contributed by atoms with van der Waals surface area (Å²) in [6.07, 6.45) is 1.03. The molecular formula is C13H17N5O2. The van der Waals surface area contributed by atoms with Gasteiger partial charge in [0.1, 0.15) is 0 Å². The van der Waals surface area contributed by atoms with Crippen LogP contribution in [-0.4, -0.2) is 40.6 Å². The van der Waals surface area contributed by atoms with E-state index in [1.807, 2.05) is 0 Å². The fourth-order valence-electron chi connectivity index (χ4n) is 2.64. The number of nitrogens with one attached hydrogen (secondary N) is 2. The molecule has 1 unspecified atom stereocenters. The third kappa shape index (κ3) is 2.20. The molecule has 106 valence electrons. The lowest BCUT2D eigenvalue weighted by molar-refractivity contribution is -0.384. The van der Waals surface area contributed by atoms with E-state index in [1.165, 1.54) is 12.1 Å². The van der Waals surface area contributed by atoms with Crippen LogP contribution in [0.15, 0.2) is 18.2 Å². The fourth-order valence-corrected chi connectivity index (χ4v) is 2.64. The van der Waals surface area contributed by atoms with Crippen molar-refractivity contribution in [3.8, 4) is 0 Å². The molecule has 0 bridgehead atoms. The van der Waals surface area contributed by atoms with Crippen LogP contribution in [0.25, 0.3) is 11.0 Å². The first-order chi connectivity index (χ1) is 9.69. The van der Waals surface area contributed by atoms with Crippen molar-refractivity contribution in [1.82, 2.24) is 15.3 Å². The Morgan fingerprint density at radius 2 is 2.40 bits per heavy atom. The van der Waals surface area contributed by atoms with Gasteiger partial charge >= 0.3 is 0 Å². The van der Waals surface area contributed by atoms with Crippen molar-refractivity contribution in [1.29, 1.82) is 0 Å². The van der Waals surface area contributed by atoms with Crippen molar-refractivity contribution in [2.24, 2.45) is 0 Å². The number of benzene rings is 1. The quantitative estimate of drug-likeness (QED) is 0.657. The van der Waals surface area contributed by atoms with E-state index in [0.29, 0.717) is 11.6 Å². The maximum absolute atomic E-state index is 10.8. The topological polar surface area (TPSA) is 87.1 Å². The van der Waals surface area contributed by atoms with Gasteiger partial charge in [0, 0.05) is 37.8 Å². The third-order valence-corrected chi connectivity index (χ3v) is 3.76. The molecule has 0 spiro atoms. The lowest BCUT2D eigenvalue weighted by Gasteiger charge is -2.35. The number of anilines is 1. The van der Waals surface area contributed by atoms with E-state index in [0.717, 1.165) is 37.5 Å². The molecule has 1 aliphatic heterocycles. The molecule has 1 fully saturated rings. The van der Waals surface area contributed by atoms with Gasteiger partial charge in [-0.2, -0.15) is 0 Å². The second-order valence-corrected chi connectivity index (χ2v) is 4.98. The monoisotopic (exact) mass is 275 g/mol. The Hall–Kier alpha value is -2.15. The fraction of sp³-hybridized carbons (Fsp3) is 0.462. The first-order valence-corrected chi connectivity index (χ1v) is 6.80. The third-order valence-electron chi connectivity index (χ3n) is 3.76. The average molecular weight is 275 g/mol. The van der Waals surface area contributed by atoms with Crippen LogP contribution in [0.5, 0.6) is 0 Å². The minimum atomic E-state index is -0.389. The highest BCUT2D eigenvalue weighted by atomic mass is 16.6. The van der Waals surface area contributed by atoms with E-state index >= 15 is 0 Å². The molecular weight excluding hydrogens is 258 g/mol. The van der Waals surface area contributed by atoms with Crippen LogP contribution in [0.1, 0.15) is 13.3 Å². The summed E-state index contributed by atoms with van der Waals surface area (Å²) in [6, 6.07) is 5.12. The standard InChI is InChI=1S/C13H17N5O2/c1-2-9-8-14-5-6-17(9)13-15-11-4-3-10(18(19)20)7-12(11)16-13/h3-4,7,9,14H,2,5-6,8H2,1H3,(H,15,16). The van der Waals surface area contributed by atoms with Crippen molar-refractivity contribution in [2.45, 2.75) is 19.4 Å². The van der Waals surface area contributed by atoms with Crippen LogP contribution in [-0.2, 0) is 0 Å². The number of hydrogen-bond donors (Lipinski definition) is 2. The Kier molecular flexibility index (Phi) is 3.27. The molecule has 1 aliphatic rings. The predicted molar refractivity (Wildman–Crippen MR) is 77.0 cm³/mol. The number of rotatable bonds is 3. The normalized spacial score (nSPS) is 19.4. The van der Waals surface area contributed by atoms with E-state index in [-0.39, 0.29) is 10.6 Å². The smallest absolute Gasteiger partial charge is 0.271 e. The molecule has 1 saturated heterocycles. The van der Waals surface area contributed by atoms with Crippen molar-refractivity contribution < 1.29 is 4.92 Å². The average Bonchev–Trinajstić information content (AvgIpc) is 2.89. The van der Waals surface area contributed by atoms with Crippen LogP contribution < -0.4 is 10.2 Å². The number of fused-ring (bicyclic) bond motifs is 1. The first-order valence-electron chi connectivity index (χ1n) is 6.80. The summed E-state index contributed by atoms with van der Waals surface area (Å²) in [5, 5.41) is 14.2. The van der Waals surface area contributed by atoms with Gasteiger partial charge < -0.3 is 15.2 Å². The Bertz CT molecular complexity index is 639. The molecule has 3 rings (SSSR count). The molecule has 0 saturated carbocycles. The number of nitro groups is 1. The number of non-ortho nitro benzene ring substituents is 1. The van der Waals surface area contributed by atoms with Gasteiger partial charge in [0.05, 0.1) is 16.0 Å². The molecule has 0 radical (unpaired) electrons. The Morgan fingerprint density at radius 1 is 1.55 bits per heavy atom. The molecule has 20 heavy (non-hydrogen) atoms. The number of piperazine rings is 1. The Labute approximate surface area is 116 Å². The summed E-state index contributed by atoms with van der Waals surface area (Å²) in [6.45, 7) is 4.90. The van der Waals surface area contributed by atoms with Crippen molar-refractivity contribution in [3.63, 3.8) is 0 Å². The maximum atomic E-state index is 10.8. The van der Waals surface area contributed by atoms with Gasteiger partial charge in [0.25, 0.3) is 5.69 Å². The minimum Gasteiger partial charge on any atom is -0.337 e. The summed E-state index contributed by atoms with van der Waals surface area (Å²) < 4.78 is 0. The van der Waals surface area contributed by atoms with E-state index in [1.54, 1.807) is 6.07 Å². The molecule has 7 heteroatoms. The summed E-state index contributed by atoms with van der Waals surface area (Å²) in [4.78, 5) is 20.4. The van der Waals surface area contributed by atoms with Gasteiger partial charge in [-0.15, -0.1) is 0 Å². The van der Waals surface area contributed by atoms with Crippen LogP contribution in [0.2, 0.25) is 0 Å². The highest BCUT2D eigenvalue weighted by Crippen LogP contribution is 2.24. The molecule has 2 N–H and O–H groups in total. The van der Waals surface area contributed by atoms with Crippen molar-refractivity contribution in [3.05, 3.63) is 28.3 Å². The summed E-state index contributed by atoms with van der Waals surface area (Å²) in [5.41, 5.74) is 1.56. The van der Waals surface area contributed by atoms with Gasteiger partial charge in [-0.25, -0.2) is 4.98 Å². The largest absolute Gasteiger partial charge is 0.337 e. The number of imidazole rings is 1. The number of aromatic nitrogens is 2. The highest BCUT2D eigenvalue weighted by molar-refractivity contribution is 5.80. The zero-order valence-corrected chi connectivity index (χ0v) is 11.3. The molecule has 7 nitrogen and oxygen atoms in total. The summed E-state index contributed by atoms with van der Waals surface area (Å²) in [5.74, 6) is 0.800. The lowest BCUT2D eigenvalue weighted by Crippen LogP contribution is -2.51. The van der Waals surface area contributed by atoms with Gasteiger partial charge in [-0.05, 0) is 12.5 Å². The second kappa shape index (κ2) is 5.09. The number of H-pyrrole nitrogens is 1. The summed E-state index contributed by atoms with van der Waals surface area (Å²) in [7, 11) is 0. The van der Waals surface area contributed by atoms with Crippen molar-refractivity contribution in [2.75, 3.05) is 24.5 Å². The number of hydrogen-bond acceptors (Lipinski definition) is 5. The molecule has 0 amide bonds. The SMILES string of the molecule is CCC1CNCCN1c1nc2ccc([N+](=O)[O-])cc2[nH]1. The van der Waals surface area contributed by atoms with Crippen molar-refractivity contribution >= 4 is 22.7 Å². The zero-order valence-electron chi connectivity index (χ0n) is 11.3. The van der Waals surface area contributed by atoms with E-state index < -0.39 is 0 Å². The molecule has 1 aromatic heterocycles. The first kappa shape index (κ1) is 12.9. The molecule has 1 aromatic carbocycles. The molecule has 1 atom stereocenters. The number of nitrogens with zero attached hydrogens (tertiary/aromatic N) is 3. The van der Waals surface area contributed by atoms with Gasteiger partial charge in [-0.1, -0.05) is 6.92 Å². The number of aromatic amines is 1. The Balaban J connectivity index is 1.97. The molecule has 0 aliphatic carbocycles. The summed E-state index contributed by atoms with van der Waals surface area (Å²) >= 11 is 0. The van der Waals surface area contributed by atoms with E-state index in [2.05, 4.69) is 27.1 Å². The van der Waals surface area contributed by atoms with Crippen LogP contribution in [0.4, 0.5) is 11.6 Å². The lowest BCUT2D eigenvalue weighted by atomic mass is 10.1. The second-order valence-electron chi connectivity index (χ2n) is 4.98. The maximum Gasteiger partial charge on any atom is 0.271 e. The van der Waals surface area contributed by atoms with E-state index in [9.17, 15) is 10.1 Å². The Morgan fingerprint density at radius 3 is 3.15 bits per heavy atom. The predicted octanol–water partition coefficient (Wildman–Crippen LogP) is 1.66. The molecule has 2 aromatic rings. The van der Waals surface area contributed by atoms with E-state index in [4.69, 9.17) is 0 Å². The van der Waals surface area contributed by atoms with Crippen LogP contribution in [0, 0.1) is 10.1 Å². The van der Waals surface area contributed by atoms with Gasteiger partial charge in [-0.3, -0.25) is 10.1 Å². The van der Waals surface area contributed by atoms with Crippen LogP contribution >= 0.6 is 0 Å². The van der Waals surface area contributed by atoms with Gasteiger partial charge in [0.15, 0.2) is 0 Å². The van der Waals surface area contributed by atoms with Gasteiger partial charge in [0.2, 0.25) is 5.95 Å². The zero-order chi connectivity index (χ0) is 14.1. The minimum absolute atomic E-state index is 0.0834. The van der Waals surface area contributed by atoms with Crippen LogP contribution in [0.3, 0.4) is 0 Å². The molecule has 2 heterocycles. The number of nitro benzene ring substituents is 1.